The third kappa shape index (κ3) is 4.19. The van der Waals surface area contributed by atoms with Gasteiger partial charge in [0.2, 0.25) is 0 Å². The number of hydrogen-bond donors (Lipinski definition) is 2. The fraction of sp³-hybridized carbons (Fsp3) is 0.296. The van der Waals surface area contributed by atoms with E-state index in [1.165, 1.54) is 24.5 Å². The maximum atomic E-state index is 15.7. The number of aromatic nitrogens is 2. The molecular weight excluding hydrogens is 464 g/mol. The Morgan fingerprint density at radius 2 is 1.89 bits per heavy atom. The molecule has 0 radical (unpaired) electrons. The van der Waals surface area contributed by atoms with Crippen molar-refractivity contribution in [3.05, 3.63) is 58.9 Å². The largest absolute Gasteiger partial charge is 0.480 e. The van der Waals surface area contributed by atoms with E-state index in [1.54, 1.807) is 19.9 Å². The van der Waals surface area contributed by atoms with Crippen molar-refractivity contribution in [2.75, 3.05) is 18.8 Å². The quantitative estimate of drug-likeness (QED) is 0.507. The van der Waals surface area contributed by atoms with Crippen molar-refractivity contribution >= 4 is 11.7 Å². The summed E-state index contributed by atoms with van der Waals surface area (Å²) in [5.41, 5.74) is 13.8. The van der Waals surface area contributed by atoms with Gasteiger partial charge < -0.3 is 21.1 Å². The third-order valence-electron chi connectivity index (χ3n) is 6.59. The summed E-state index contributed by atoms with van der Waals surface area (Å²) in [4.78, 5) is 22.2. The Balaban J connectivity index is 1.63. The van der Waals surface area contributed by atoms with Crippen LogP contribution in [0.5, 0.6) is 5.75 Å². The second-order valence-corrected chi connectivity index (χ2v) is 9.10. The Morgan fingerprint density at radius 3 is 2.56 bits per heavy atom. The molecule has 36 heavy (non-hydrogen) atoms. The van der Waals surface area contributed by atoms with Crippen LogP contribution in [0.3, 0.4) is 0 Å². The van der Waals surface area contributed by atoms with E-state index in [9.17, 15) is 4.79 Å². The van der Waals surface area contributed by atoms with Crippen LogP contribution in [0.1, 0.15) is 47.2 Å². The molecule has 0 atom stereocenters. The molecule has 0 spiro atoms. The molecule has 1 aliphatic heterocycles. The number of carbonyl (C=O) groups is 1. The molecule has 5 rings (SSSR count). The van der Waals surface area contributed by atoms with Crippen molar-refractivity contribution < 1.29 is 18.3 Å². The second kappa shape index (κ2) is 9.11. The standard InChI is InChI=1S/C27H25F2N5O2/c1-3-8-34-11-17(12-34)36-25-24(32-13-33-26(25)30)21-10-16(28)9-20(14(21)2)22-18(15-4-5-15)6-7-19(23(22)29)27(31)35/h6-7,9-10,13,15,17H,4-5,11-12H2,1-2H3,(H2,31,35)(H2,30,32,33). The Morgan fingerprint density at radius 1 is 1.17 bits per heavy atom. The number of halogens is 2. The summed E-state index contributed by atoms with van der Waals surface area (Å²) in [6.07, 6.45) is 2.88. The first kappa shape index (κ1) is 23.5. The Hall–Kier alpha value is -4.19. The van der Waals surface area contributed by atoms with Gasteiger partial charge in [0.25, 0.3) is 5.91 Å². The molecule has 1 amide bonds. The third-order valence-corrected chi connectivity index (χ3v) is 6.59. The number of hydrogen-bond acceptors (Lipinski definition) is 6. The summed E-state index contributed by atoms with van der Waals surface area (Å²) in [6, 6.07) is 8.65. The lowest BCUT2D eigenvalue weighted by Gasteiger charge is -2.36. The first-order valence-corrected chi connectivity index (χ1v) is 11.7. The normalized spacial score (nSPS) is 15.2. The van der Waals surface area contributed by atoms with Crippen molar-refractivity contribution in [1.29, 1.82) is 0 Å². The first-order chi connectivity index (χ1) is 17.3. The van der Waals surface area contributed by atoms with E-state index >= 15 is 8.78 Å². The van der Waals surface area contributed by atoms with Crippen LogP contribution in [0.2, 0.25) is 0 Å². The van der Waals surface area contributed by atoms with Crippen molar-refractivity contribution in [1.82, 2.24) is 14.9 Å². The molecule has 2 fully saturated rings. The van der Waals surface area contributed by atoms with Crippen LogP contribution >= 0.6 is 0 Å². The molecule has 0 unspecified atom stereocenters. The first-order valence-electron chi connectivity index (χ1n) is 11.7. The van der Waals surface area contributed by atoms with E-state index < -0.39 is 17.5 Å². The van der Waals surface area contributed by atoms with Crippen LogP contribution in [0.25, 0.3) is 22.4 Å². The summed E-state index contributed by atoms with van der Waals surface area (Å²) in [5.74, 6) is 1.11. The van der Waals surface area contributed by atoms with Gasteiger partial charge in [-0.2, -0.15) is 0 Å². The Labute approximate surface area is 207 Å². The number of likely N-dealkylation sites (tertiary alicyclic amines) is 1. The Bertz CT molecular complexity index is 1440. The van der Waals surface area contributed by atoms with Crippen molar-refractivity contribution in [2.24, 2.45) is 5.73 Å². The molecule has 2 heterocycles. The van der Waals surface area contributed by atoms with E-state index in [4.69, 9.17) is 16.2 Å². The zero-order chi connectivity index (χ0) is 25.6. The molecule has 1 saturated carbocycles. The minimum absolute atomic E-state index is 0.116. The molecule has 184 valence electrons. The van der Waals surface area contributed by atoms with Crippen LogP contribution in [0, 0.1) is 30.5 Å². The smallest absolute Gasteiger partial charge is 0.251 e. The summed E-state index contributed by atoms with van der Waals surface area (Å²) in [5, 5.41) is 0. The molecule has 2 aromatic carbocycles. The number of nitrogens with two attached hydrogens (primary N) is 2. The van der Waals surface area contributed by atoms with E-state index in [0.29, 0.717) is 35.5 Å². The van der Waals surface area contributed by atoms with Crippen molar-refractivity contribution in [3.8, 4) is 40.1 Å². The number of nitrogens with zero attached hydrogens (tertiary/aromatic N) is 3. The lowest BCUT2D eigenvalue weighted by Crippen LogP contribution is -2.51. The number of ether oxygens (including phenoxy) is 1. The molecule has 7 nitrogen and oxygen atoms in total. The molecule has 4 N–H and O–H groups in total. The zero-order valence-corrected chi connectivity index (χ0v) is 19.9. The van der Waals surface area contributed by atoms with Crippen molar-refractivity contribution in [3.63, 3.8) is 0 Å². The highest BCUT2D eigenvalue weighted by molar-refractivity contribution is 5.95. The van der Waals surface area contributed by atoms with Crippen LogP contribution in [0.15, 0.2) is 30.6 Å². The van der Waals surface area contributed by atoms with Gasteiger partial charge in [-0.05, 0) is 67.5 Å². The van der Waals surface area contributed by atoms with Gasteiger partial charge in [0, 0.05) is 17.2 Å². The summed E-state index contributed by atoms with van der Waals surface area (Å²) >= 11 is 0. The summed E-state index contributed by atoms with van der Waals surface area (Å²) in [6.45, 7) is 4.67. The van der Waals surface area contributed by atoms with Gasteiger partial charge in [-0.25, -0.2) is 18.7 Å². The molecule has 1 aromatic heterocycles. The fourth-order valence-corrected chi connectivity index (χ4v) is 4.60. The predicted octanol–water partition coefficient (Wildman–Crippen LogP) is 4.00. The van der Waals surface area contributed by atoms with Gasteiger partial charge in [-0.3, -0.25) is 4.79 Å². The molecule has 0 bridgehead atoms. The number of primary amides is 1. The number of carbonyl (C=O) groups excluding carboxylic acids is 1. The van der Waals surface area contributed by atoms with Gasteiger partial charge in [0.1, 0.15) is 29.8 Å². The zero-order valence-electron chi connectivity index (χ0n) is 19.9. The van der Waals surface area contributed by atoms with Gasteiger partial charge in [-0.15, -0.1) is 0 Å². The average Bonchev–Trinajstić information content (AvgIpc) is 3.65. The summed E-state index contributed by atoms with van der Waals surface area (Å²) < 4.78 is 36.9. The van der Waals surface area contributed by atoms with Gasteiger partial charge in [0.15, 0.2) is 11.6 Å². The van der Waals surface area contributed by atoms with Crippen LogP contribution in [-0.4, -0.2) is 40.0 Å². The van der Waals surface area contributed by atoms with E-state index in [-0.39, 0.29) is 34.7 Å². The molecule has 3 aromatic rings. The SMILES string of the molecule is CC#CN1CC(Oc2c(N)ncnc2-c2cc(F)cc(-c3c(C4CC4)ccc(C(N)=O)c3F)c2C)C1. The minimum Gasteiger partial charge on any atom is -0.480 e. The van der Waals surface area contributed by atoms with E-state index in [1.807, 2.05) is 4.90 Å². The van der Waals surface area contributed by atoms with Gasteiger partial charge >= 0.3 is 0 Å². The molecule has 1 saturated heterocycles. The van der Waals surface area contributed by atoms with Gasteiger partial charge in [-0.1, -0.05) is 12.0 Å². The number of amides is 1. The molecule has 9 heteroatoms. The average molecular weight is 490 g/mol. The highest BCUT2D eigenvalue weighted by Gasteiger charge is 2.32. The monoisotopic (exact) mass is 489 g/mol. The topological polar surface area (TPSA) is 107 Å². The number of anilines is 1. The molecule has 1 aliphatic carbocycles. The van der Waals surface area contributed by atoms with Crippen LogP contribution in [0.4, 0.5) is 14.6 Å². The lowest BCUT2D eigenvalue weighted by molar-refractivity contribution is 0.0611. The second-order valence-electron chi connectivity index (χ2n) is 9.10. The van der Waals surface area contributed by atoms with E-state index in [2.05, 4.69) is 21.9 Å². The highest BCUT2D eigenvalue weighted by atomic mass is 19.1. The summed E-state index contributed by atoms with van der Waals surface area (Å²) in [7, 11) is 0. The van der Waals surface area contributed by atoms with Crippen LogP contribution < -0.4 is 16.2 Å². The number of nitrogen functional groups attached to an aromatic ring is 1. The van der Waals surface area contributed by atoms with Crippen molar-refractivity contribution in [2.45, 2.75) is 38.7 Å². The minimum atomic E-state index is -0.882. The fourth-order valence-electron chi connectivity index (χ4n) is 4.60. The molecular formula is C27H25F2N5O2. The number of rotatable bonds is 6. The maximum Gasteiger partial charge on any atom is 0.251 e. The predicted molar refractivity (Wildman–Crippen MR) is 132 cm³/mol. The lowest BCUT2D eigenvalue weighted by atomic mass is 9.88. The number of benzene rings is 2. The van der Waals surface area contributed by atoms with E-state index in [0.717, 1.165) is 18.4 Å². The highest BCUT2D eigenvalue weighted by Crippen LogP contribution is 2.48. The van der Waals surface area contributed by atoms with Crippen LogP contribution in [-0.2, 0) is 0 Å². The Kier molecular flexibility index (Phi) is 5.96. The maximum absolute atomic E-state index is 15.7. The van der Waals surface area contributed by atoms with Gasteiger partial charge in [0.05, 0.1) is 18.7 Å². The molecule has 2 aliphatic rings.